The van der Waals surface area contributed by atoms with Crippen LogP contribution in [0, 0.1) is 18.6 Å². The molecule has 144 valence electrons. The number of esters is 1. The minimum atomic E-state index is -0.898. The summed E-state index contributed by atoms with van der Waals surface area (Å²) in [7, 11) is 0. The number of fused-ring (bicyclic) bond motifs is 1. The normalized spacial score (nSPS) is 10.9. The Hall–Kier alpha value is -3.42. The van der Waals surface area contributed by atoms with E-state index in [0.717, 1.165) is 18.2 Å². The molecule has 0 unspecified atom stereocenters. The van der Waals surface area contributed by atoms with E-state index in [4.69, 9.17) is 4.74 Å². The maximum atomic E-state index is 13.6. The molecule has 6 nitrogen and oxygen atoms in total. The molecule has 1 aromatic heterocycles. The van der Waals surface area contributed by atoms with Crippen LogP contribution in [0.1, 0.15) is 33.3 Å². The van der Waals surface area contributed by atoms with Crippen molar-refractivity contribution in [2.45, 2.75) is 20.4 Å². The van der Waals surface area contributed by atoms with Crippen molar-refractivity contribution in [3.8, 4) is 0 Å². The average Bonchev–Trinajstić information content (AvgIpc) is 2.68. The van der Waals surface area contributed by atoms with Gasteiger partial charge in [-0.3, -0.25) is 9.59 Å². The van der Waals surface area contributed by atoms with Gasteiger partial charge in [-0.25, -0.2) is 18.6 Å². The van der Waals surface area contributed by atoms with Crippen LogP contribution in [0.3, 0.4) is 0 Å². The SMILES string of the molecule is CCn1c(=O)c(C)nc2cc(C(=O)OCC(=O)c3cc(F)ccc3F)ccc21. The molecular formula is C20H16F2N2O4. The van der Waals surface area contributed by atoms with Gasteiger partial charge in [-0.2, -0.15) is 0 Å². The largest absolute Gasteiger partial charge is 0.454 e. The van der Waals surface area contributed by atoms with Gasteiger partial charge in [0.05, 0.1) is 22.2 Å². The monoisotopic (exact) mass is 386 g/mol. The molecule has 0 saturated heterocycles. The Balaban J connectivity index is 1.82. The van der Waals surface area contributed by atoms with E-state index in [1.54, 1.807) is 13.0 Å². The molecule has 0 bridgehead atoms. The van der Waals surface area contributed by atoms with Gasteiger partial charge in [-0.05, 0) is 50.2 Å². The second kappa shape index (κ2) is 7.67. The molecule has 28 heavy (non-hydrogen) atoms. The van der Waals surface area contributed by atoms with Crippen LogP contribution in [0.15, 0.2) is 41.2 Å². The van der Waals surface area contributed by atoms with Crippen LogP contribution < -0.4 is 5.56 Å². The van der Waals surface area contributed by atoms with E-state index < -0.39 is 35.6 Å². The number of Topliss-reactive ketones (excluding diaryl/α,β-unsaturated/α-hetero) is 1. The lowest BCUT2D eigenvalue weighted by atomic mass is 10.1. The Kier molecular flexibility index (Phi) is 5.30. The highest BCUT2D eigenvalue weighted by Gasteiger charge is 2.17. The van der Waals surface area contributed by atoms with Crippen LogP contribution in [0.4, 0.5) is 8.78 Å². The van der Waals surface area contributed by atoms with E-state index in [2.05, 4.69) is 4.98 Å². The second-order valence-corrected chi connectivity index (χ2v) is 6.07. The Bertz CT molecular complexity index is 1150. The molecule has 0 saturated carbocycles. The summed E-state index contributed by atoms with van der Waals surface area (Å²) in [4.78, 5) is 40.5. The molecule has 2 aromatic carbocycles. The van der Waals surface area contributed by atoms with Crippen molar-refractivity contribution < 1.29 is 23.1 Å². The van der Waals surface area contributed by atoms with Crippen molar-refractivity contribution in [2.24, 2.45) is 0 Å². The standard InChI is InChI=1S/C20H16F2N2O4/c1-3-24-17-7-4-12(8-16(17)23-11(2)19(24)26)20(27)28-10-18(25)14-9-13(21)5-6-15(14)22/h4-9H,3,10H2,1-2H3. The molecule has 0 N–H and O–H groups in total. The van der Waals surface area contributed by atoms with Crippen LogP contribution in [0.5, 0.6) is 0 Å². The Morgan fingerprint density at radius 1 is 1.14 bits per heavy atom. The van der Waals surface area contributed by atoms with Gasteiger partial charge < -0.3 is 9.30 Å². The third-order valence-corrected chi connectivity index (χ3v) is 4.22. The quantitative estimate of drug-likeness (QED) is 0.498. The van der Waals surface area contributed by atoms with Crippen LogP contribution in [0.2, 0.25) is 0 Å². The zero-order chi connectivity index (χ0) is 20.4. The van der Waals surface area contributed by atoms with E-state index in [-0.39, 0.29) is 16.8 Å². The molecule has 8 heteroatoms. The summed E-state index contributed by atoms with van der Waals surface area (Å²) in [6.07, 6.45) is 0. The average molecular weight is 386 g/mol. The maximum Gasteiger partial charge on any atom is 0.338 e. The van der Waals surface area contributed by atoms with Crippen molar-refractivity contribution >= 4 is 22.8 Å². The first-order valence-electron chi connectivity index (χ1n) is 8.48. The second-order valence-electron chi connectivity index (χ2n) is 6.07. The number of hydrogen-bond acceptors (Lipinski definition) is 5. The fourth-order valence-electron chi connectivity index (χ4n) is 2.82. The van der Waals surface area contributed by atoms with Gasteiger partial charge in [-0.1, -0.05) is 0 Å². The molecule has 0 aliphatic heterocycles. The molecule has 0 aliphatic rings. The number of aryl methyl sites for hydroxylation is 2. The fraction of sp³-hybridized carbons (Fsp3) is 0.200. The molecular weight excluding hydrogens is 370 g/mol. The van der Waals surface area contributed by atoms with Crippen LogP contribution in [-0.4, -0.2) is 27.9 Å². The van der Waals surface area contributed by atoms with E-state index >= 15 is 0 Å². The number of hydrogen-bond donors (Lipinski definition) is 0. The molecule has 1 heterocycles. The summed E-state index contributed by atoms with van der Waals surface area (Å²) in [6, 6.07) is 6.92. The topological polar surface area (TPSA) is 78.3 Å². The van der Waals surface area contributed by atoms with Crippen molar-refractivity contribution in [3.63, 3.8) is 0 Å². The Morgan fingerprint density at radius 3 is 2.61 bits per heavy atom. The predicted molar refractivity (Wildman–Crippen MR) is 97.4 cm³/mol. The van der Waals surface area contributed by atoms with Gasteiger partial charge in [0, 0.05) is 6.54 Å². The van der Waals surface area contributed by atoms with Crippen molar-refractivity contribution in [1.82, 2.24) is 9.55 Å². The number of halogens is 2. The lowest BCUT2D eigenvalue weighted by Gasteiger charge is -2.10. The summed E-state index contributed by atoms with van der Waals surface area (Å²) in [5.74, 6) is -3.35. The molecule has 0 aliphatic carbocycles. The van der Waals surface area contributed by atoms with E-state index in [9.17, 15) is 23.2 Å². The zero-order valence-corrected chi connectivity index (χ0v) is 15.2. The molecule has 0 amide bonds. The number of rotatable bonds is 5. The van der Waals surface area contributed by atoms with Crippen LogP contribution in [0.25, 0.3) is 11.0 Å². The number of aromatic nitrogens is 2. The minimum Gasteiger partial charge on any atom is -0.454 e. The van der Waals surface area contributed by atoms with Crippen molar-refractivity contribution in [3.05, 3.63) is 75.2 Å². The zero-order valence-electron chi connectivity index (χ0n) is 15.2. The van der Waals surface area contributed by atoms with Crippen molar-refractivity contribution in [2.75, 3.05) is 6.61 Å². The predicted octanol–water partition coefficient (Wildman–Crippen LogP) is 3.04. The summed E-state index contributed by atoms with van der Waals surface area (Å²) in [6.45, 7) is 3.10. The smallest absolute Gasteiger partial charge is 0.338 e. The first-order chi connectivity index (χ1) is 13.3. The summed E-state index contributed by atoms with van der Waals surface area (Å²) in [5, 5.41) is 0. The Labute approximate surface area is 158 Å². The fourth-order valence-corrected chi connectivity index (χ4v) is 2.82. The number of nitrogens with zero attached hydrogens (tertiary/aromatic N) is 2. The number of ether oxygens (including phenoxy) is 1. The lowest BCUT2D eigenvalue weighted by molar-refractivity contribution is 0.0473. The molecule has 3 rings (SSSR count). The Morgan fingerprint density at radius 2 is 1.89 bits per heavy atom. The summed E-state index contributed by atoms with van der Waals surface area (Å²) < 4.78 is 33.3. The minimum absolute atomic E-state index is 0.119. The van der Waals surface area contributed by atoms with Gasteiger partial charge in [0.1, 0.15) is 17.3 Å². The first kappa shape index (κ1) is 19.3. The summed E-state index contributed by atoms with van der Waals surface area (Å²) >= 11 is 0. The maximum absolute atomic E-state index is 13.6. The number of ketones is 1. The van der Waals surface area contributed by atoms with Gasteiger partial charge >= 0.3 is 5.97 Å². The van der Waals surface area contributed by atoms with E-state index in [0.29, 0.717) is 17.6 Å². The lowest BCUT2D eigenvalue weighted by Crippen LogP contribution is -2.23. The number of carbonyl (C=O) groups is 2. The molecule has 0 radical (unpaired) electrons. The van der Waals surface area contributed by atoms with Crippen molar-refractivity contribution in [1.29, 1.82) is 0 Å². The van der Waals surface area contributed by atoms with Gasteiger partial charge in [0.2, 0.25) is 5.78 Å². The summed E-state index contributed by atoms with van der Waals surface area (Å²) in [5.41, 5.74) is 0.692. The van der Waals surface area contributed by atoms with Crippen LogP contribution >= 0.6 is 0 Å². The third kappa shape index (κ3) is 3.66. The highest BCUT2D eigenvalue weighted by atomic mass is 19.1. The number of benzene rings is 2. The van der Waals surface area contributed by atoms with E-state index in [1.165, 1.54) is 16.7 Å². The van der Waals surface area contributed by atoms with Crippen LogP contribution in [-0.2, 0) is 11.3 Å². The van der Waals surface area contributed by atoms with E-state index in [1.807, 2.05) is 6.92 Å². The third-order valence-electron chi connectivity index (χ3n) is 4.22. The molecule has 0 atom stereocenters. The molecule has 3 aromatic rings. The highest BCUT2D eigenvalue weighted by molar-refractivity contribution is 6.00. The molecule has 0 fully saturated rings. The van der Waals surface area contributed by atoms with Gasteiger partial charge in [-0.15, -0.1) is 0 Å². The van der Waals surface area contributed by atoms with Gasteiger partial charge in [0.15, 0.2) is 6.61 Å². The first-order valence-corrected chi connectivity index (χ1v) is 8.48. The highest BCUT2D eigenvalue weighted by Crippen LogP contribution is 2.15. The number of carbonyl (C=O) groups excluding carboxylic acids is 2. The van der Waals surface area contributed by atoms with Gasteiger partial charge in [0.25, 0.3) is 5.56 Å². The molecule has 0 spiro atoms.